The number of nitrogens with one attached hydrogen (secondary N) is 3. The standard InChI is InChI=1S/C17H30N4O8/c1-7(2)5-10(18)14(25)21-13(9(4)22)16(27)20-11(6-12(23)24)15(26)19-8(3)17(28)29/h7-11,13,22H,5-6,18H2,1-4H3,(H,19,26)(H,20,27)(H,21,25)(H,23,24)(H,28,29). The molecule has 0 aromatic heterocycles. The molecule has 0 fully saturated rings. The molecule has 3 amide bonds. The Labute approximate surface area is 168 Å². The molecule has 0 aliphatic carbocycles. The van der Waals surface area contributed by atoms with Crippen LogP contribution in [0.1, 0.15) is 40.5 Å². The van der Waals surface area contributed by atoms with Crippen LogP contribution in [0.25, 0.3) is 0 Å². The van der Waals surface area contributed by atoms with E-state index in [9.17, 15) is 29.1 Å². The lowest BCUT2D eigenvalue weighted by molar-refractivity contribution is -0.143. The second kappa shape index (κ2) is 12.0. The molecule has 0 rings (SSSR count). The van der Waals surface area contributed by atoms with E-state index in [1.807, 2.05) is 13.8 Å². The Morgan fingerprint density at radius 1 is 0.862 bits per heavy atom. The third kappa shape index (κ3) is 9.85. The number of amides is 3. The number of carbonyl (C=O) groups excluding carboxylic acids is 3. The van der Waals surface area contributed by atoms with Crippen LogP contribution in [0.15, 0.2) is 0 Å². The monoisotopic (exact) mass is 418 g/mol. The fourth-order valence-corrected chi connectivity index (χ4v) is 2.30. The van der Waals surface area contributed by atoms with Crippen molar-refractivity contribution in [2.24, 2.45) is 11.7 Å². The Bertz CT molecular complexity index is 623. The molecule has 0 aliphatic heterocycles. The van der Waals surface area contributed by atoms with E-state index in [2.05, 4.69) is 16.0 Å². The van der Waals surface area contributed by atoms with Crippen LogP contribution in [0.3, 0.4) is 0 Å². The summed E-state index contributed by atoms with van der Waals surface area (Å²) in [6.07, 6.45) is -1.88. The van der Waals surface area contributed by atoms with Gasteiger partial charge in [0.25, 0.3) is 0 Å². The molecule has 12 nitrogen and oxygen atoms in total. The van der Waals surface area contributed by atoms with E-state index in [0.29, 0.717) is 6.42 Å². The third-order valence-electron chi connectivity index (χ3n) is 3.87. The average molecular weight is 418 g/mol. The number of carbonyl (C=O) groups is 5. The summed E-state index contributed by atoms with van der Waals surface area (Å²) in [5.74, 6) is -5.43. The summed E-state index contributed by atoms with van der Waals surface area (Å²) in [5.41, 5.74) is 5.74. The first kappa shape index (κ1) is 26.3. The third-order valence-corrected chi connectivity index (χ3v) is 3.87. The van der Waals surface area contributed by atoms with Crippen molar-refractivity contribution in [2.75, 3.05) is 0 Å². The number of aliphatic hydroxyl groups is 1. The molecule has 0 aliphatic rings. The minimum atomic E-state index is -1.62. The molecule has 0 aromatic rings. The summed E-state index contributed by atoms with van der Waals surface area (Å²) in [7, 11) is 0. The Kier molecular flexibility index (Phi) is 10.8. The maximum absolute atomic E-state index is 12.5. The number of carboxylic acids is 2. The van der Waals surface area contributed by atoms with Crippen LogP contribution in [0.4, 0.5) is 0 Å². The summed E-state index contributed by atoms with van der Waals surface area (Å²) in [4.78, 5) is 58.6. The van der Waals surface area contributed by atoms with Crippen LogP contribution in [0.5, 0.6) is 0 Å². The van der Waals surface area contributed by atoms with E-state index in [0.717, 1.165) is 6.92 Å². The van der Waals surface area contributed by atoms with Gasteiger partial charge in [-0.2, -0.15) is 0 Å². The zero-order valence-electron chi connectivity index (χ0n) is 16.8. The topological polar surface area (TPSA) is 208 Å². The summed E-state index contributed by atoms with van der Waals surface area (Å²) in [6.45, 7) is 6.07. The molecular formula is C17H30N4O8. The van der Waals surface area contributed by atoms with Gasteiger partial charge in [0.05, 0.1) is 18.6 Å². The molecule has 0 aromatic carbocycles. The van der Waals surface area contributed by atoms with Gasteiger partial charge in [0, 0.05) is 0 Å². The highest BCUT2D eigenvalue weighted by molar-refractivity contribution is 5.95. The van der Waals surface area contributed by atoms with Crippen molar-refractivity contribution >= 4 is 29.7 Å². The lowest BCUT2D eigenvalue weighted by atomic mass is 10.0. The van der Waals surface area contributed by atoms with E-state index >= 15 is 0 Å². The fraction of sp³-hybridized carbons (Fsp3) is 0.706. The largest absolute Gasteiger partial charge is 0.481 e. The molecule has 0 saturated carbocycles. The normalized spacial score (nSPS) is 16.1. The second-order valence-electron chi connectivity index (χ2n) is 7.19. The highest BCUT2D eigenvalue weighted by Crippen LogP contribution is 2.05. The maximum atomic E-state index is 12.5. The van der Waals surface area contributed by atoms with Gasteiger partial charge in [-0.05, 0) is 26.2 Å². The van der Waals surface area contributed by atoms with Gasteiger partial charge in [0.2, 0.25) is 17.7 Å². The number of hydrogen-bond acceptors (Lipinski definition) is 7. The van der Waals surface area contributed by atoms with Crippen molar-refractivity contribution in [3.05, 3.63) is 0 Å². The van der Waals surface area contributed by atoms with Gasteiger partial charge in [0.1, 0.15) is 18.1 Å². The lowest BCUT2D eigenvalue weighted by Crippen LogP contribution is -2.60. The van der Waals surface area contributed by atoms with Gasteiger partial charge in [-0.25, -0.2) is 0 Å². The first-order valence-corrected chi connectivity index (χ1v) is 9.05. The molecular weight excluding hydrogens is 388 g/mol. The first-order chi connectivity index (χ1) is 13.3. The number of nitrogens with two attached hydrogens (primary N) is 1. The summed E-state index contributed by atoms with van der Waals surface area (Å²) < 4.78 is 0. The molecule has 0 spiro atoms. The molecule has 12 heteroatoms. The molecule has 0 saturated heterocycles. The Morgan fingerprint density at radius 3 is 1.83 bits per heavy atom. The predicted molar refractivity (Wildman–Crippen MR) is 100 cm³/mol. The van der Waals surface area contributed by atoms with Crippen molar-refractivity contribution < 1.29 is 39.3 Å². The summed E-state index contributed by atoms with van der Waals surface area (Å²) in [5, 5.41) is 34.1. The van der Waals surface area contributed by atoms with Crippen molar-refractivity contribution in [1.82, 2.24) is 16.0 Å². The highest BCUT2D eigenvalue weighted by atomic mass is 16.4. The van der Waals surface area contributed by atoms with Gasteiger partial charge >= 0.3 is 11.9 Å². The van der Waals surface area contributed by atoms with Gasteiger partial charge in [-0.3, -0.25) is 24.0 Å². The van der Waals surface area contributed by atoms with Gasteiger partial charge in [0.15, 0.2) is 0 Å². The van der Waals surface area contributed by atoms with Gasteiger partial charge in [-0.15, -0.1) is 0 Å². The minimum Gasteiger partial charge on any atom is -0.481 e. The number of carboxylic acid groups (broad SMARTS) is 2. The zero-order valence-corrected chi connectivity index (χ0v) is 16.8. The van der Waals surface area contributed by atoms with Gasteiger partial charge in [-0.1, -0.05) is 13.8 Å². The maximum Gasteiger partial charge on any atom is 0.325 e. The molecule has 5 atom stereocenters. The van der Waals surface area contributed by atoms with E-state index in [1.54, 1.807) is 0 Å². The van der Waals surface area contributed by atoms with Crippen LogP contribution < -0.4 is 21.7 Å². The van der Waals surface area contributed by atoms with Crippen LogP contribution in [-0.4, -0.2) is 75.3 Å². The van der Waals surface area contributed by atoms with Crippen LogP contribution in [0.2, 0.25) is 0 Å². The Hall–Kier alpha value is -2.73. The minimum absolute atomic E-state index is 0.106. The molecule has 29 heavy (non-hydrogen) atoms. The van der Waals surface area contributed by atoms with Crippen LogP contribution >= 0.6 is 0 Å². The van der Waals surface area contributed by atoms with Crippen LogP contribution in [-0.2, 0) is 24.0 Å². The fourth-order valence-electron chi connectivity index (χ4n) is 2.30. The number of rotatable bonds is 12. The second-order valence-corrected chi connectivity index (χ2v) is 7.19. The van der Waals surface area contributed by atoms with Crippen molar-refractivity contribution in [2.45, 2.75) is 70.8 Å². The average Bonchev–Trinajstić information content (AvgIpc) is 2.56. The number of hydrogen-bond donors (Lipinski definition) is 7. The van der Waals surface area contributed by atoms with E-state index in [4.69, 9.17) is 15.9 Å². The smallest absolute Gasteiger partial charge is 0.325 e. The van der Waals surface area contributed by atoms with E-state index in [1.165, 1.54) is 6.92 Å². The molecule has 166 valence electrons. The number of aliphatic carboxylic acids is 2. The van der Waals surface area contributed by atoms with E-state index < -0.39 is 66.4 Å². The molecule has 0 heterocycles. The number of aliphatic hydroxyl groups excluding tert-OH is 1. The lowest BCUT2D eigenvalue weighted by Gasteiger charge is -2.25. The summed E-state index contributed by atoms with van der Waals surface area (Å²) >= 11 is 0. The predicted octanol–water partition coefficient (Wildman–Crippen LogP) is -2.23. The van der Waals surface area contributed by atoms with Gasteiger partial charge < -0.3 is 37.0 Å². The van der Waals surface area contributed by atoms with E-state index in [-0.39, 0.29) is 5.92 Å². The molecule has 8 N–H and O–H groups in total. The van der Waals surface area contributed by atoms with Crippen molar-refractivity contribution in [3.63, 3.8) is 0 Å². The van der Waals surface area contributed by atoms with Crippen molar-refractivity contribution in [1.29, 1.82) is 0 Å². The SMILES string of the molecule is CC(C)CC(N)C(=O)NC(C(=O)NC(CC(=O)O)C(=O)NC(C)C(=O)O)C(C)O. The Balaban J connectivity index is 5.28. The molecule has 5 unspecified atom stereocenters. The molecule has 0 bridgehead atoms. The summed E-state index contributed by atoms with van der Waals surface area (Å²) in [6, 6.07) is -5.37. The van der Waals surface area contributed by atoms with Crippen molar-refractivity contribution in [3.8, 4) is 0 Å². The quantitative estimate of drug-likeness (QED) is 0.183. The van der Waals surface area contributed by atoms with Crippen LogP contribution in [0, 0.1) is 5.92 Å². The first-order valence-electron chi connectivity index (χ1n) is 9.05. The molecule has 0 radical (unpaired) electrons. The highest BCUT2D eigenvalue weighted by Gasteiger charge is 2.32. The zero-order chi connectivity index (χ0) is 22.9. The Morgan fingerprint density at radius 2 is 1.41 bits per heavy atom.